The summed E-state index contributed by atoms with van der Waals surface area (Å²) in [4.78, 5) is 12.3. The number of rotatable bonds is 3. The molecule has 0 saturated carbocycles. The van der Waals surface area contributed by atoms with Gasteiger partial charge in [-0.15, -0.1) is 5.10 Å². The topological polar surface area (TPSA) is 72.7 Å². The fourth-order valence-corrected chi connectivity index (χ4v) is 2.14. The first-order valence-corrected chi connectivity index (χ1v) is 6.99. The van der Waals surface area contributed by atoms with E-state index in [2.05, 4.69) is 20.8 Å². The summed E-state index contributed by atoms with van der Waals surface area (Å²) in [6, 6.07) is 11.8. The Morgan fingerprint density at radius 2 is 1.95 bits per heavy atom. The second kappa shape index (κ2) is 6.13. The van der Waals surface area contributed by atoms with E-state index < -0.39 is 0 Å². The molecule has 1 aromatic heterocycles. The molecule has 1 amide bonds. The second-order valence-electron chi connectivity index (χ2n) is 4.39. The SMILES string of the molecule is O=C(Nc1ccc(Cl)c(Cl)c1)c1cccc(-n2cnnn2)c1. The molecule has 0 spiro atoms. The van der Waals surface area contributed by atoms with Crippen LogP contribution in [0.3, 0.4) is 0 Å². The molecule has 0 aliphatic heterocycles. The number of carbonyl (C=O) groups is 1. The van der Waals surface area contributed by atoms with Gasteiger partial charge in [-0.1, -0.05) is 29.3 Å². The molecule has 0 fully saturated rings. The van der Waals surface area contributed by atoms with E-state index in [0.29, 0.717) is 27.0 Å². The second-order valence-corrected chi connectivity index (χ2v) is 5.20. The number of hydrogen-bond donors (Lipinski definition) is 1. The monoisotopic (exact) mass is 333 g/mol. The number of amides is 1. The number of benzene rings is 2. The third kappa shape index (κ3) is 3.08. The van der Waals surface area contributed by atoms with Crippen LogP contribution in [0.15, 0.2) is 48.8 Å². The molecule has 22 heavy (non-hydrogen) atoms. The van der Waals surface area contributed by atoms with Gasteiger partial charge in [-0.05, 0) is 46.8 Å². The van der Waals surface area contributed by atoms with Crippen molar-refractivity contribution in [3.8, 4) is 5.69 Å². The molecule has 3 aromatic rings. The van der Waals surface area contributed by atoms with Crippen LogP contribution >= 0.6 is 23.2 Å². The standard InChI is InChI=1S/C14H9Cl2N5O/c15-12-5-4-10(7-13(12)16)18-14(22)9-2-1-3-11(6-9)21-8-17-19-20-21/h1-8H,(H,18,22). The van der Waals surface area contributed by atoms with Gasteiger partial charge in [-0.3, -0.25) is 4.79 Å². The summed E-state index contributed by atoms with van der Waals surface area (Å²) >= 11 is 11.8. The summed E-state index contributed by atoms with van der Waals surface area (Å²) < 4.78 is 1.47. The highest BCUT2D eigenvalue weighted by Gasteiger charge is 2.09. The van der Waals surface area contributed by atoms with Gasteiger partial charge in [0.15, 0.2) is 0 Å². The summed E-state index contributed by atoms with van der Waals surface area (Å²) in [6.07, 6.45) is 1.45. The van der Waals surface area contributed by atoms with E-state index in [1.807, 2.05) is 0 Å². The lowest BCUT2D eigenvalue weighted by atomic mass is 10.2. The maximum absolute atomic E-state index is 12.3. The van der Waals surface area contributed by atoms with Gasteiger partial charge in [0.1, 0.15) is 6.33 Å². The molecule has 1 heterocycles. The first-order chi connectivity index (χ1) is 10.6. The zero-order valence-corrected chi connectivity index (χ0v) is 12.6. The van der Waals surface area contributed by atoms with E-state index in [-0.39, 0.29) is 5.91 Å². The molecule has 1 N–H and O–H groups in total. The van der Waals surface area contributed by atoms with Crippen molar-refractivity contribution in [2.75, 3.05) is 5.32 Å². The number of tetrazole rings is 1. The van der Waals surface area contributed by atoms with E-state index in [9.17, 15) is 4.79 Å². The third-order valence-electron chi connectivity index (χ3n) is 2.90. The van der Waals surface area contributed by atoms with Crippen LogP contribution in [0.1, 0.15) is 10.4 Å². The molecule has 0 radical (unpaired) electrons. The van der Waals surface area contributed by atoms with Gasteiger partial charge in [0, 0.05) is 11.3 Å². The summed E-state index contributed by atoms with van der Waals surface area (Å²) in [7, 11) is 0. The third-order valence-corrected chi connectivity index (χ3v) is 3.64. The highest BCUT2D eigenvalue weighted by atomic mass is 35.5. The normalized spacial score (nSPS) is 10.5. The first kappa shape index (κ1) is 14.5. The van der Waals surface area contributed by atoms with Gasteiger partial charge in [0.25, 0.3) is 5.91 Å². The van der Waals surface area contributed by atoms with Crippen LogP contribution in [0.5, 0.6) is 0 Å². The van der Waals surface area contributed by atoms with Crippen LogP contribution in [0.2, 0.25) is 10.0 Å². The molecule has 6 nitrogen and oxygen atoms in total. The predicted octanol–water partition coefficient (Wildman–Crippen LogP) is 3.22. The summed E-state index contributed by atoms with van der Waals surface area (Å²) in [5, 5.41) is 14.5. The number of nitrogens with one attached hydrogen (secondary N) is 1. The van der Waals surface area contributed by atoms with E-state index in [1.165, 1.54) is 11.0 Å². The van der Waals surface area contributed by atoms with Gasteiger partial charge in [0.05, 0.1) is 15.7 Å². The Labute approximate surface area is 135 Å². The number of carbonyl (C=O) groups excluding carboxylic acids is 1. The summed E-state index contributed by atoms with van der Waals surface area (Å²) in [5.74, 6) is -0.270. The van der Waals surface area contributed by atoms with Crippen molar-refractivity contribution in [2.45, 2.75) is 0 Å². The van der Waals surface area contributed by atoms with Crippen molar-refractivity contribution in [2.24, 2.45) is 0 Å². The molecular formula is C14H9Cl2N5O. The molecule has 0 atom stereocenters. The lowest BCUT2D eigenvalue weighted by Gasteiger charge is -2.07. The van der Waals surface area contributed by atoms with E-state index in [0.717, 1.165) is 0 Å². The quantitative estimate of drug-likeness (QED) is 0.798. The number of nitrogens with zero attached hydrogens (tertiary/aromatic N) is 4. The Morgan fingerprint density at radius 1 is 1.09 bits per heavy atom. The molecule has 110 valence electrons. The Morgan fingerprint density at radius 3 is 2.68 bits per heavy atom. The number of aromatic nitrogens is 4. The maximum Gasteiger partial charge on any atom is 0.255 e. The van der Waals surface area contributed by atoms with Crippen molar-refractivity contribution in [1.29, 1.82) is 0 Å². The van der Waals surface area contributed by atoms with Crippen molar-refractivity contribution >= 4 is 34.8 Å². The lowest BCUT2D eigenvalue weighted by molar-refractivity contribution is 0.102. The van der Waals surface area contributed by atoms with Crippen molar-refractivity contribution in [3.05, 3.63) is 64.4 Å². The number of hydrogen-bond acceptors (Lipinski definition) is 4. The molecule has 0 unspecified atom stereocenters. The maximum atomic E-state index is 12.3. The minimum Gasteiger partial charge on any atom is -0.322 e. The highest BCUT2D eigenvalue weighted by Crippen LogP contribution is 2.25. The molecule has 0 aliphatic rings. The highest BCUT2D eigenvalue weighted by molar-refractivity contribution is 6.42. The first-order valence-electron chi connectivity index (χ1n) is 6.23. The molecule has 8 heteroatoms. The molecule has 0 saturated heterocycles. The largest absolute Gasteiger partial charge is 0.322 e. The Hall–Kier alpha value is -2.44. The Balaban J connectivity index is 1.83. The molecule has 0 bridgehead atoms. The van der Waals surface area contributed by atoms with Crippen molar-refractivity contribution in [3.63, 3.8) is 0 Å². The van der Waals surface area contributed by atoms with Crippen LogP contribution < -0.4 is 5.32 Å². The van der Waals surface area contributed by atoms with Gasteiger partial charge >= 0.3 is 0 Å². The average Bonchev–Trinajstić information content (AvgIpc) is 3.05. The zero-order valence-electron chi connectivity index (χ0n) is 11.1. The Kier molecular flexibility index (Phi) is 4.04. The van der Waals surface area contributed by atoms with Gasteiger partial charge in [0.2, 0.25) is 0 Å². The minimum atomic E-state index is -0.270. The van der Waals surface area contributed by atoms with E-state index in [1.54, 1.807) is 42.5 Å². The molecule has 0 aliphatic carbocycles. The summed E-state index contributed by atoms with van der Waals surface area (Å²) in [5.41, 5.74) is 1.72. The number of halogens is 2. The van der Waals surface area contributed by atoms with Crippen molar-refractivity contribution in [1.82, 2.24) is 20.2 Å². The zero-order chi connectivity index (χ0) is 15.5. The molecular weight excluding hydrogens is 325 g/mol. The van der Waals surface area contributed by atoms with Gasteiger partial charge in [-0.2, -0.15) is 0 Å². The average molecular weight is 334 g/mol. The predicted molar refractivity (Wildman–Crippen MR) is 83.6 cm³/mol. The fraction of sp³-hybridized carbons (Fsp3) is 0. The molecule has 2 aromatic carbocycles. The van der Waals surface area contributed by atoms with E-state index >= 15 is 0 Å². The molecule has 3 rings (SSSR count). The van der Waals surface area contributed by atoms with Crippen LogP contribution in [0, 0.1) is 0 Å². The van der Waals surface area contributed by atoms with Crippen LogP contribution in [-0.2, 0) is 0 Å². The number of anilines is 1. The summed E-state index contributed by atoms with van der Waals surface area (Å²) in [6.45, 7) is 0. The van der Waals surface area contributed by atoms with Crippen molar-refractivity contribution < 1.29 is 4.79 Å². The van der Waals surface area contributed by atoms with Crippen LogP contribution in [-0.4, -0.2) is 26.1 Å². The minimum absolute atomic E-state index is 0.270. The smallest absolute Gasteiger partial charge is 0.255 e. The lowest BCUT2D eigenvalue weighted by Crippen LogP contribution is -2.12. The fourth-order valence-electron chi connectivity index (χ4n) is 1.85. The van der Waals surface area contributed by atoms with E-state index in [4.69, 9.17) is 23.2 Å². The van der Waals surface area contributed by atoms with Gasteiger partial charge in [-0.25, -0.2) is 4.68 Å². The van der Waals surface area contributed by atoms with Crippen LogP contribution in [0.25, 0.3) is 5.69 Å². The van der Waals surface area contributed by atoms with Gasteiger partial charge < -0.3 is 5.32 Å². The Bertz CT molecular complexity index is 820. The van der Waals surface area contributed by atoms with Crippen LogP contribution in [0.4, 0.5) is 5.69 Å².